The second-order valence-electron chi connectivity index (χ2n) is 5.19. The Balaban J connectivity index is 1.80. The number of amides is 1. The highest BCUT2D eigenvalue weighted by Crippen LogP contribution is 2.31. The van der Waals surface area contributed by atoms with Crippen molar-refractivity contribution in [2.75, 3.05) is 5.32 Å². The molecule has 0 unspecified atom stereocenters. The third kappa shape index (κ3) is 4.00. The van der Waals surface area contributed by atoms with E-state index < -0.39 is 11.7 Å². The van der Waals surface area contributed by atoms with Crippen molar-refractivity contribution in [3.63, 3.8) is 0 Å². The van der Waals surface area contributed by atoms with E-state index in [0.29, 0.717) is 16.8 Å². The van der Waals surface area contributed by atoms with Crippen LogP contribution in [0.15, 0.2) is 67.1 Å². The first kappa shape index (κ1) is 16.6. The fourth-order valence-electron chi connectivity index (χ4n) is 2.20. The van der Waals surface area contributed by atoms with E-state index in [0.717, 1.165) is 18.3 Å². The van der Waals surface area contributed by atoms with Gasteiger partial charge in [0, 0.05) is 35.4 Å². The van der Waals surface area contributed by atoms with Crippen molar-refractivity contribution >= 4 is 11.6 Å². The van der Waals surface area contributed by atoms with Crippen LogP contribution >= 0.6 is 0 Å². The second kappa shape index (κ2) is 6.72. The summed E-state index contributed by atoms with van der Waals surface area (Å²) < 4.78 is 38.3. The van der Waals surface area contributed by atoms with Crippen molar-refractivity contribution < 1.29 is 18.0 Å². The Labute approximate surface area is 141 Å². The van der Waals surface area contributed by atoms with Crippen LogP contribution in [0.3, 0.4) is 0 Å². The molecule has 1 N–H and O–H groups in total. The van der Waals surface area contributed by atoms with Gasteiger partial charge in [-0.2, -0.15) is 13.2 Å². The number of nitrogens with zero attached hydrogens (tertiary/aromatic N) is 2. The Morgan fingerprint density at radius 1 is 0.920 bits per heavy atom. The molecule has 3 aromatic rings. The third-order valence-corrected chi connectivity index (χ3v) is 3.47. The molecule has 1 amide bonds. The van der Waals surface area contributed by atoms with Gasteiger partial charge in [-0.05, 0) is 36.4 Å². The Hall–Kier alpha value is -3.22. The number of alkyl halides is 3. The van der Waals surface area contributed by atoms with E-state index in [4.69, 9.17) is 0 Å². The number of halogens is 3. The van der Waals surface area contributed by atoms with Crippen molar-refractivity contribution in [1.29, 1.82) is 0 Å². The third-order valence-electron chi connectivity index (χ3n) is 3.47. The Morgan fingerprint density at radius 2 is 1.60 bits per heavy atom. The predicted molar refractivity (Wildman–Crippen MR) is 86.9 cm³/mol. The van der Waals surface area contributed by atoms with Crippen LogP contribution in [-0.2, 0) is 6.18 Å². The number of hydrogen-bond donors (Lipinski definition) is 1. The molecule has 1 aromatic carbocycles. The van der Waals surface area contributed by atoms with Crippen LogP contribution in [0.5, 0.6) is 0 Å². The first-order valence-electron chi connectivity index (χ1n) is 7.28. The zero-order valence-electron chi connectivity index (χ0n) is 12.8. The maximum absolute atomic E-state index is 12.8. The number of anilines is 1. The lowest BCUT2D eigenvalue weighted by Crippen LogP contribution is -2.11. The van der Waals surface area contributed by atoms with Gasteiger partial charge in [0.2, 0.25) is 0 Å². The zero-order valence-corrected chi connectivity index (χ0v) is 12.8. The summed E-state index contributed by atoms with van der Waals surface area (Å²) in [5.41, 5.74) is 0.899. The number of aromatic nitrogens is 2. The van der Waals surface area contributed by atoms with Crippen LogP contribution in [0, 0.1) is 0 Å². The maximum atomic E-state index is 12.8. The molecule has 0 fully saturated rings. The van der Waals surface area contributed by atoms with Gasteiger partial charge in [-0.3, -0.25) is 14.8 Å². The van der Waals surface area contributed by atoms with E-state index in [1.807, 2.05) is 0 Å². The summed E-state index contributed by atoms with van der Waals surface area (Å²) in [4.78, 5) is 20.0. The summed E-state index contributed by atoms with van der Waals surface area (Å²) >= 11 is 0. The van der Waals surface area contributed by atoms with Crippen LogP contribution in [0.25, 0.3) is 11.3 Å². The molecule has 0 radical (unpaired) electrons. The molecule has 126 valence electrons. The lowest BCUT2D eigenvalue weighted by molar-refractivity contribution is -0.137. The Bertz CT molecular complexity index is 878. The molecular formula is C18H12F3N3O. The molecule has 0 aliphatic heterocycles. The lowest BCUT2D eigenvalue weighted by Gasteiger charge is -2.09. The number of benzene rings is 1. The van der Waals surface area contributed by atoms with Crippen LogP contribution in [0.2, 0.25) is 0 Å². The summed E-state index contributed by atoms with van der Waals surface area (Å²) in [7, 11) is 0. The highest BCUT2D eigenvalue weighted by atomic mass is 19.4. The maximum Gasteiger partial charge on any atom is 0.416 e. The van der Waals surface area contributed by atoms with E-state index in [1.54, 1.807) is 36.7 Å². The van der Waals surface area contributed by atoms with E-state index >= 15 is 0 Å². The molecule has 25 heavy (non-hydrogen) atoms. The van der Waals surface area contributed by atoms with E-state index in [2.05, 4.69) is 15.3 Å². The fourth-order valence-corrected chi connectivity index (χ4v) is 2.20. The van der Waals surface area contributed by atoms with Gasteiger partial charge in [0.05, 0.1) is 11.3 Å². The molecule has 0 atom stereocenters. The van der Waals surface area contributed by atoms with E-state index in [9.17, 15) is 18.0 Å². The smallest absolute Gasteiger partial charge is 0.322 e. The van der Waals surface area contributed by atoms with E-state index in [1.165, 1.54) is 12.1 Å². The highest BCUT2D eigenvalue weighted by Gasteiger charge is 2.30. The summed E-state index contributed by atoms with van der Waals surface area (Å²) in [6.07, 6.45) is -0.208. The van der Waals surface area contributed by atoms with Crippen molar-refractivity contribution in [3.8, 4) is 11.3 Å². The average Bonchev–Trinajstić information content (AvgIpc) is 2.62. The lowest BCUT2D eigenvalue weighted by atomic mass is 10.1. The first-order chi connectivity index (χ1) is 11.9. The van der Waals surface area contributed by atoms with Gasteiger partial charge >= 0.3 is 6.18 Å². The van der Waals surface area contributed by atoms with Crippen molar-refractivity contribution in [3.05, 3.63) is 78.2 Å². The molecule has 2 heterocycles. The van der Waals surface area contributed by atoms with Crippen LogP contribution < -0.4 is 5.32 Å². The first-order valence-corrected chi connectivity index (χ1v) is 7.28. The molecule has 0 saturated heterocycles. The number of carbonyl (C=O) groups excluding carboxylic acids is 1. The van der Waals surface area contributed by atoms with Crippen LogP contribution in [0.4, 0.5) is 18.9 Å². The SMILES string of the molecule is O=C(Nc1ccncc1)c1ccc(-c2cc(C(F)(F)F)ccn2)cc1. The van der Waals surface area contributed by atoms with Gasteiger partial charge in [-0.1, -0.05) is 12.1 Å². The highest BCUT2D eigenvalue weighted by molar-refractivity contribution is 6.04. The Morgan fingerprint density at radius 3 is 2.24 bits per heavy atom. The van der Waals surface area contributed by atoms with Crippen molar-refractivity contribution in [2.45, 2.75) is 6.18 Å². The quantitative estimate of drug-likeness (QED) is 0.766. The molecule has 0 aliphatic rings. The number of pyridine rings is 2. The minimum atomic E-state index is -4.43. The molecule has 0 bridgehead atoms. The van der Waals surface area contributed by atoms with Gasteiger partial charge in [-0.25, -0.2) is 0 Å². The second-order valence-corrected chi connectivity index (χ2v) is 5.19. The molecule has 3 rings (SSSR count). The monoisotopic (exact) mass is 343 g/mol. The van der Waals surface area contributed by atoms with Gasteiger partial charge in [0.1, 0.15) is 0 Å². The molecule has 0 saturated carbocycles. The summed E-state index contributed by atoms with van der Waals surface area (Å²) in [5.74, 6) is -0.324. The largest absolute Gasteiger partial charge is 0.416 e. The summed E-state index contributed by atoms with van der Waals surface area (Å²) in [6, 6.07) is 11.4. The molecule has 0 aliphatic carbocycles. The molecule has 4 nitrogen and oxygen atoms in total. The predicted octanol–water partition coefficient (Wildman–Crippen LogP) is 4.41. The van der Waals surface area contributed by atoms with E-state index in [-0.39, 0.29) is 11.6 Å². The van der Waals surface area contributed by atoms with Gasteiger partial charge in [-0.15, -0.1) is 0 Å². The molecule has 0 spiro atoms. The molecular weight excluding hydrogens is 331 g/mol. The van der Waals surface area contributed by atoms with Crippen molar-refractivity contribution in [2.24, 2.45) is 0 Å². The normalized spacial score (nSPS) is 11.2. The zero-order chi connectivity index (χ0) is 17.9. The summed E-state index contributed by atoms with van der Waals surface area (Å²) in [5, 5.41) is 2.70. The molecule has 2 aromatic heterocycles. The minimum Gasteiger partial charge on any atom is -0.322 e. The van der Waals surface area contributed by atoms with Crippen LogP contribution in [-0.4, -0.2) is 15.9 Å². The minimum absolute atomic E-state index is 0.191. The molecule has 7 heteroatoms. The summed E-state index contributed by atoms with van der Waals surface area (Å²) in [6.45, 7) is 0. The Kier molecular flexibility index (Phi) is 4.47. The van der Waals surface area contributed by atoms with Gasteiger partial charge in [0.25, 0.3) is 5.91 Å². The van der Waals surface area contributed by atoms with Crippen molar-refractivity contribution in [1.82, 2.24) is 9.97 Å². The van der Waals surface area contributed by atoms with Crippen LogP contribution in [0.1, 0.15) is 15.9 Å². The number of nitrogens with one attached hydrogen (secondary N) is 1. The van der Waals surface area contributed by atoms with Gasteiger partial charge < -0.3 is 5.32 Å². The number of carbonyl (C=O) groups is 1. The van der Waals surface area contributed by atoms with Gasteiger partial charge in [0.15, 0.2) is 0 Å². The number of rotatable bonds is 3. The standard InChI is InChI=1S/C18H12F3N3O/c19-18(20,21)14-5-10-23-16(11-14)12-1-3-13(4-2-12)17(25)24-15-6-8-22-9-7-15/h1-11H,(H,22,24,25). The number of hydrogen-bond acceptors (Lipinski definition) is 3. The average molecular weight is 343 g/mol. The fraction of sp³-hybridized carbons (Fsp3) is 0.0556. The topological polar surface area (TPSA) is 54.9 Å².